The molecule has 1 atom stereocenters. The highest BCUT2D eigenvalue weighted by molar-refractivity contribution is 5.81. The van der Waals surface area contributed by atoms with Gasteiger partial charge in [0.2, 0.25) is 5.91 Å². The fourth-order valence-electron chi connectivity index (χ4n) is 2.25. The molecule has 3 nitrogen and oxygen atoms in total. The number of rotatable bonds is 3. The largest absolute Gasteiger partial charge is 0.381 e. The molecule has 1 saturated heterocycles. The Morgan fingerprint density at radius 3 is 2.29 bits per heavy atom. The lowest BCUT2D eigenvalue weighted by molar-refractivity contribution is -0.135. The summed E-state index contributed by atoms with van der Waals surface area (Å²) in [6.07, 6.45) is 1.91. The Morgan fingerprint density at radius 1 is 1.43 bits per heavy atom. The zero-order chi connectivity index (χ0) is 10.8. The molecule has 14 heavy (non-hydrogen) atoms. The molecule has 1 unspecified atom stereocenters. The van der Waals surface area contributed by atoms with E-state index >= 15 is 0 Å². The number of nitrogens with two attached hydrogens (primary N) is 1. The third-order valence-corrected chi connectivity index (χ3v) is 3.80. The first-order valence-corrected chi connectivity index (χ1v) is 5.37. The summed E-state index contributed by atoms with van der Waals surface area (Å²) >= 11 is 0. The molecule has 1 rings (SSSR count). The number of primary amides is 1. The Morgan fingerprint density at radius 2 is 1.93 bits per heavy atom. The lowest BCUT2D eigenvalue weighted by Crippen LogP contribution is -2.46. The summed E-state index contributed by atoms with van der Waals surface area (Å²) in [7, 11) is 0. The van der Waals surface area contributed by atoms with E-state index in [9.17, 15) is 4.79 Å². The van der Waals surface area contributed by atoms with E-state index in [1.165, 1.54) is 0 Å². The van der Waals surface area contributed by atoms with Crippen LogP contribution in [0.3, 0.4) is 0 Å². The van der Waals surface area contributed by atoms with E-state index in [0.29, 0.717) is 11.8 Å². The molecule has 0 radical (unpaired) electrons. The lowest BCUT2D eigenvalue weighted by Gasteiger charge is -2.40. The zero-order valence-electron chi connectivity index (χ0n) is 9.38. The Kier molecular flexibility index (Phi) is 3.53. The minimum absolute atomic E-state index is 0.167. The second-order valence-corrected chi connectivity index (χ2v) is 4.69. The SMILES string of the molecule is CC(C)C(C)(C(N)=O)C1CCOCC1. The van der Waals surface area contributed by atoms with Crippen LogP contribution in [-0.4, -0.2) is 19.1 Å². The van der Waals surface area contributed by atoms with Crippen molar-refractivity contribution in [3.05, 3.63) is 0 Å². The molecule has 1 aliphatic rings. The van der Waals surface area contributed by atoms with Crippen molar-refractivity contribution >= 4 is 5.91 Å². The fraction of sp³-hybridized carbons (Fsp3) is 0.909. The molecule has 2 N–H and O–H groups in total. The smallest absolute Gasteiger partial charge is 0.223 e. The number of hydrogen-bond donors (Lipinski definition) is 1. The van der Waals surface area contributed by atoms with Crippen LogP contribution in [0, 0.1) is 17.3 Å². The number of amides is 1. The quantitative estimate of drug-likeness (QED) is 0.750. The number of hydrogen-bond acceptors (Lipinski definition) is 2. The highest BCUT2D eigenvalue weighted by Crippen LogP contribution is 2.40. The second-order valence-electron chi connectivity index (χ2n) is 4.69. The molecule has 0 saturated carbocycles. The maximum Gasteiger partial charge on any atom is 0.223 e. The van der Waals surface area contributed by atoms with Crippen LogP contribution in [0.5, 0.6) is 0 Å². The highest BCUT2D eigenvalue weighted by atomic mass is 16.5. The molecule has 0 aromatic rings. The summed E-state index contributed by atoms with van der Waals surface area (Å²) in [6, 6.07) is 0. The van der Waals surface area contributed by atoms with Gasteiger partial charge in [-0.05, 0) is 24.7 Å². The first-order valence-electron chi connectivity index (χ1n) is 5.37. The van der Waals surface area contributed by atoms with Crippen molar-refractivity contribution in [2.75, 3.05) is 13.2 Å². The first kappa shape index (κ1) is 11.5. The van der Waals surface area contributed by atoms with Gasteiger partial charge in [0.05, 0.1) is 5.41 Å². The van der Waals surface area contributed by atoms with Crippen molar-refractivity contribution in [2.24, 2.45) is 23.0 Å². The van der Waals surface area contributed by atoms with E-state index < -0.39 is 0 Å². The number of ether oxygens (including phenoxy) is 1. The van der Waals surface area contributed by atoms with Crippen molar-refractivity contribution < 1.29 is 9.53 Å². The van der Waals surface area contributed by atoms with E-state index in [0.717, 1.165) is 26.1 Å². The van der Waals surface area contributed by atoms with Crippen molar-refractivity contribution in [1.29, 1.82) is 0 Å². The normalized spacial score (nSPS) is 23.4. The van der Waals surface area contributed by atoms with Crippen molar-refractivity contribution in [1.82, 2.24) is 0 Å². The fourth-order valence-corrected chi connectivity index (χ4v) is 2.25. The van der Waals surface area contributed by atoms with Gasteiger partial charge in [0, 0.05) is 13.2 Å². The predicted octanol–water partition coefficient (Wildman–Crippen LogP) is 1.56. The summed E-state index contributed by atoms with van der Waals surface area (Å²) in [4.78, 5) is 11.5. The van der Waals surface area contributed by atoms with Gasteiger partial charge >= 0.3 is 0 Å². The molecule has 1 amide bonds. The van der Waals surface area contributed by atoms with Crippen molar-refractivity contribution in [3.8, 4) is 0 Å². The average molecular weight is 199 g/mol. The van der Waals surface area contributed by atoms with Gasteiger partial charge in [0.25, 0.3) is 0 Å². The van der Waals surface area contributed by atoms with E-state index in [2.05, 4.69) is 13.8 Å². The molecule has 0 aliphatic carbocycles. The monoisotopic (exact) mass is 199 g/mol. The zero-order valence-corrected chi connectivity index (χ0v) is 9.38. The molecular formula is C11H21NO2. The van der Waals surface area contributed by atoms with Gasteiger partial charge in [-0.25, -0.2) is 0 Å². The van der Waals surface area contributed by atoms with Crippen molar-refractivity contribution in [2.45, 2.75) is 33.6 Å². The van der Waals surface area contributed by atoms with E-state index in [-0.39, 0.29) is 11.3 Å². The standard InChI is InChI=1S/C11H21NO2/c1-8(2)11(3,10(12)13)9-4-6-14-7-5-9/h8-9H,4-7H2,1-3H3,(H2,12,13). The Labute approximate surface area is 86.0 Å². The van der Waals surface area contributed by atoms with Crippen LogP contribution in [0.15, 0.2) is 0 Å². The summed E-state index contributed by atoms with van der Waals surface area (Å²) < 4.78 is 5.30. The van der Waals surface area contributed by atoms with Crippen LogP contribution >= 0.6 is 0 Å². The van der Waals surface area contributed by atoms with E-state index in [4.69, 9.17) is 10.5 Å². The molecular weight excluding hydrogens is 178 g/mol. The van der Waals surface area contributed by atoms with E-state index in [1.54, 1.807) is 0 Å². The average Bonchev–Trinajstić information content (AvgIpc) is 2.17. The topological polar surface area (TPSA) is 52.3 Å². The van der Waals surface area contributed by atoms with Crippen LogP contribution in [-0.2, 0) is 9.53 Å². The van der Waals surface area contributed by atoms with Gasteiger partial charge in [-0.2, -0.15) is 0 Å². The van der Waals surface area contributed by atoms with Crippen LogP contribution < -0.4 is 5.73 Å². The summed E-state index contributed by atoms with van der Waals surface area (Å²) in [5, 5.41) is 0. The summed E-state index contributed by atoms with van der Waals surface area (Å²) in [5.41, 5.74) is 5.15. The summed E-state index contributed by atoms with van der Waals surface area (Å²) in [5.74, 6) is 0.510. The van der Waals surface area contributed by atoms with E-state index in [1.807, 2.05) is 6.92 Å². The minimum Gasteiger partial charge on any atom is -0.381 e. The van der Waals surface area contributed by atoms with Crippen LogP contribution in [0.2, 0.25) is 0 Å². The maximum atomic E-state index is 11.5. The van der Waals surface area contributed by atoms with Gasteiger partial charge in [-0.15, -0.1) is 0 Å². The maximum absolute atomic E-state index is 11.5. The molecule has 0 aromatic carbocycles. The molecule has 1 heterocycles. The number of carbonyl (C=O) groups is 1. The van der Waals surface area contributed by atoms with Crippen LogP contribution in [0.1, 0.15) is 33.6 Å². The molecule has 82 valence electrons. The summed E-state index contributed by atoms with van der Waals surface area (Å²) in [6.45, 7) is 7.66. The molecule has 0 aromatic heterocycles. The van der Waals surface area contributed by atoms with Gasteiger partial charge < -0.3 is 10.5 Å². The van der Waals surface area contributed by atoms with Crippen LogP contribution in [0.4, 0.5) is 0 Å². The predicted molar refractivity (Wildman–Crippen MR) is 55.7 cm³/mol. The van der Waals surface area contributed by atoms with Gasteiger partial charge in [0.1, 0.15) is 0 Å². The van der Waals surface area contributed by atoms with Gasteiger partial charge in [-0.3, -0.25) is 4.79 Å². The molecule has 0 spiro atoms. The van der Waals surface area contributed by atoms with Crippen LogP contribution in [0.25, 0.3) is 0 Å². The molecule has 3 heteroatoms. The van der Waals surface area contributed by atoms with Crippen molar-refractivity contribution in [3.63, 3.8) is 0 Å². The lowest BCUT2D eigenvalue weighted by atomic mass is 9.66. The first-order chi connectivity index (χ1) is 6.49. The third kappa shape index (κ3) is 1.92. The Balaban J connectivity index is 2.80. The second kappa shape index (κ2) is 4.30. The molecule has 1 fully saturated rings. The minimum atomic E-state index is -0.371. The Hall–Kier alpha value is -0.570. The van der Waals surface area contributed by atoms with Gasteiger partial charge in [0.15, 0.2) is 0 Å². The Bertz CT molecular complexity index is 209. The number of carbonyl (C=O) groups excluding carboxylic acids is 1. The molecule has 1 aliphatic heterocycles. The highest BCUT2D eigenvalue weighted by Gasteiger charge is 2.42. The van der Waals surface area contributed by atoms with Gasteiger partial charge in [-0.1, -0.05) is 20.8 Å². The third-order valence-electron chi connectivity index (χ3n) is 3.80. The molecule has 0 bridgehead atoms.